The van der Waals surface area contributed by atoms with Crippen molar-refractivity contribution in [2.75, 3.05) is 23.9 Å². The first-order chi connectivity index (χ1) is 11.6. The molecule has 1 aliphatic heterocycles. The van der Waals surface area contributed by atoms with Crippen LogP contribution >= 0.6 is 0 Å². The average Bonchev–Trinajstić information content (AvgIpc) is 2.88. The van der Waals surface area contributed by atoms with E-state index in [0.717, 1.165) is 18.0 Å². The van der Waals surface area contributed by atoms with Crippen molar-refractivity contribution in [3.63, 3.8) is 0 Å². The van der Waals surface area contributed by atoms with E-state index in [1.54, 1.807) is 7.11 Å². The highest BCUT2D eigenvalue weighted by Gasteiger charge is 2.40. The molecule has 1 heterocycles. The van der Waals surface area contributed by atoms with Crippen molar-refractivity contribution in [3.05, 3.63) is 60.2 Å². The second-order valence-corrected chi connectivity index (χ2v) is 8.30. The molecule has 1 aliphatic rings. The maximum Gasteiger partial charge on any atom is 0.158 e. The molecule has 2 aromatic rings. The number of hydrogen-bond acceptors (Lipinski definition) is 4. The summed E-state index contributed by atoms with van der Waals surface area (Å²) in [6, 6.07) is 17.6. The summed E-state index contributed by atoms with van der Waals surface area (Å²) in [7, 11) is -1.37. The second kappa shape index (κ2) is 7.23. The zero-order chi connectivity index (χ0) is 17.0. The van der Waals surface area contributed by atoms with E-state index in [4.69, 9.17) is 4.74 Å². The fraction of sp³-hybridized carbons (Fsp3) is 0.333. The van der Waals surface area contributed by atoms with E-state index >= 15 is 0 Å². The van der Waals surface area contributed by atoms with Crippen molar-refractivity contribution >= 4 is 15.5 Å². The second-order valence-electron chi connectivity index (χ2n) is 6.15. The molecule has 24 heavy (non-hydrogen) atoms. The lowest BCUT2D eigenvalue weighted by molar-refractivity contribution is -0.700. The van der Waals surface area contributed by atoms with Crippen LogP contribution in [0.4, 0.5) is 5.69 Å². The van der Waals surface area contributed by atoms with Gasteiger partial charge in [-0.15, -0.1) is 0 Å². The van der Waals surface area contributed by atoms with Crippen LogP contribution in [0, 0.1) is 0 Å². The highest BCUT2D eigenvalue weighted by molar-refractivity contribution is 7.91. The van der Waals surface area contributed by atoms with Gasteiger partial charge in [-0.2, -0.15) is 0 Å². The molecule has 0 bridgehead atoms. The van der Waals surface area contributed by atoms with Crippen LogP contribution in [-0.2, 0) is 16.4 Å². The molecule has 0 radical (unpaired) electrons. The zero-order valence-electron chi connectivity index (χ0n) is 13.7. The van der Waals surface area contributed by atoms with E-state index in [9.17, 15) is 8.42 Å². The molecule has 0 saturated carbocycles. The molecule has 128 valence electrons. The number of nitrogens with one attached hydrogen (secondary N) is 1. The van der Waals surface area contributed by atoms with E-state index in [1.807, 2.05) is 42.5 Å². The third-order valence-corrected chi connectivity index (χ3v) is 6.10. The molecule has 6 heteroatoms. The lowest BCUT2D eigenvalue weighted by Crippen LogP contribution is -2.91. The Balaban J connectivity index is 1.66. The molecule has 5 nitrogen and oxygen atoms in total. The minimum Gasteiger partial charge on any atom is -0.497 e. The standard InChI is InChI=1S/C18H22N2O3S/c1-23-16-9-7-15(8-10-16)20-18-13-24(21,22)12-17(18)19-11-14-5-3-2-4-6-14/h2-10,17-20H,11-13H2,1H3/p+1/t17-,18+/m0/s1. The van der Waals surface area contributed by atoms with Crippen LogP contribution in [0.1, 0.15) is 5.56 Å². The molecule has 1 fully saturated rings. The van der Waals surface area contributed by atoms with Crippen LogP contribution in [0.25, 0.3) is 0 Å². The largest absolute Gasteiger partial charge is 0.497 e. The molecule has 2 atom stereocenters. The number of hydrogen-bond donors (Lipinski definition) is 2. The molecular formula is C18H23N2O3S+. The molecule has 0 aromatic heterocycles. The summed E-state index contributed by atoms with van der Waals surface area (Å²) in [5.41, 5.74) is 2.11. The Bertz CT molecular complexity index is 761. The summed E-state index contributed by atoms with van der Waals surface area (Å²) >= 11 is 0. The number of rotatable bonds is 6. The highest BCUT2D eigenvalue weighted by Crippen LogP contribution is 2.19. The van der Waals surface area contributed by atoms with Gasteiger partial charge in [-0.3, -0.25) is 0 Å². The molecule has 0 amide bonds. The Morgan fingerprint density at radius 2 is 1.79 bits per heavy atom. The van der Waals surface area contributed by atoms with Crippen LogP contribution in [0.5, 0.6) is 5.75 Å². The van der Waals surface area contributed by atoms with Gasteiger partial charge in [-0.05, 0) is 24.3 Å². The van der Waals surface area contributed by atoms with Crippen molar-refractivity contribution in [1.82, 2.24) is 0 Å². The molecule has 0 spiro atoms. The summed E-state index contributed by atoms with van der Waals surface area (Å²) in [5.74, 6) is 1.18. The minimum absolute atomic E-state index is 0.0114. The Labute approximate surface area is 143 Å². The van der Waals surface area contributed by atoms with Crippen LogP contribution < -0.4 is 15.4 Å². The first kappa shape index (κ1) is 16.8. The third-order valence-electron chi connectivity index (χ3n) is 4.34. The topological polar surface area (TPSA) is 72.0 Å². The molecule has 1 saturated heterocycles. The lowest BCUT2D eigenvalue weighted by atomic mass is 10.1. The molecule has 0 unspecified atom stereocenters. The predicted molar refractivity (Wildman–Crippen MR) is 94.9 cm³/mol. The number of sulfone groups is 1. The fourth-order valence-corrected chi connectivity index (χ4v) is 5.03. The van der Waals surface area contributed by atoms with Crippen molar-refractivity contribution in [2.45, 2.75) is 18.6 Å². The Morgan fingerprint density at radius 1 is 1.08 bits per heavy atom. The van der Waals surface area contributed by atoms with Crippen LogP contribution in [0.3, 0.4) is 0 Å². The van der Waals surface area contributed by atoms with Gasteiger partial charge < -0.3 is 15.4 Å². The lowest BCUT2D eigenvalue weighted by Gasteiger charge is -2.19. The number of nitrogens with two attached hydrogens (primary N) is 1. The van der Waals surface area contributed by atoms with Gasteiger partial charge in [0.15, 0.2) is 9.84 Å². The molecular weight excluding hydrogens is 324 g/mol. The monoisotopic (exact) mass is 347 g/mol. The summed E-state index contributed by atoms with van der Waals surface area (Å²) in [6.07, 6.45) is 0. The molecule has 3 rings (SSSR count). The van der Waals surface area contributed by atoms with Crippen LogP contribution in [0.15, 0.2) is 54.6 Å². The number of methoxy groups -OCH3 is 1. The summed E-state index contributed by atoms with van der Waals surface area (Å²) in [5, 5.41) is 5.49. The minimum atomic E-state index is -3.00. The smallest absolute Gasteiger partial charge is 0.158 e. The van der Waals surface area contributed by atoms with E-state index in [0.29, 0.717) is 0 Å². The van der Waals surface area contributed by atoms with Gasteiger partial charge in [-0.1, -0.05) is 30.3 Å². The zero-order valence-corrected chi connectivity index (χ0v) is 14.5. The third kappa shape index (κ3) is 4.27. The van der Waals surface area contributed by atoms with E-state index < -0.39 is 9.84 Å². The van der Waals surface area contributed by atoms with Crippen molar-refractivity contribution in [1.29, 1.82) is 0 Å². The summed E-state index contributed by atoms with van der Waals surface area (Å²) in [4.78, 5) is 0. The average molecular weight is 347 g/mol. The number of anilines is 1. The maximum absolute atomic E-state index is 12.1. The van der Waals surface area contributed by atoms with E-state index in [-0.39, 0.29) is 23.6 Å². The SMILES string of the molecule is COc1ccc(N[C@@H]2CS(=O)(=O)C[C@@H]2[NH2+]Cc2ccccc2)cc1. The quantitative estimate of drug-likeness (QED) is 0.819. The summed E-state index contributed by atoms with van der Waals surface area (Å²) < 4.78 is 29.3. The molecule has 2 aromatic carbocycles. The Morgan fingerprint density at radius 3 is 2.46 bits per heavy atom. The van der Waals surface area contributed by atoms with Crippen molar-refractivity contribution in [2.24, 2.45) is 0 Å². The van der Waals surface area contributed by atoms with Gasteiger partial charge in [0.05, 0.1) is 18.9 Å². The first-order valence-corrected chi connectivity index (χ1v) is 9.86. The van der Waals surface area contributed by atoms with Gasteiger partial charge in [0.25, 0.3) is 0 Å². The Kier molecular flexibility index (Phi) is 5.06. The number of benzene rings is 2. The maximum atomic E-state index is 12.1. The van der Waals surface area contributed by atoms with E-state index in [2.05, 4.69) is 22.8 Å². The van der Waals surface area contributed by atoms with Crippen LogP contribution in [-0.4, -0.2) is 39.1 Å². The van der Waals surface area contributed by atoms with Gasteiger partial charge >= 0.3 is 0 Å². The van der Waals surface area contributed by atoms with Gasteiger partial charge in [0, 0.05) is 11.3 Å². The van der Waals surface area contributed by atoms with Gasteiger partial charge in [-0.25, -0.2) is 8.42 Å². The number of ether oxygens (including phenoxy) is 1. The molecule has 3 N–H and O–H groups in total. The van der Waals surface area contributed by atoms with Crippen molar-refractivity contribution < 1.29 is 18.5 Å². The van der Waals surface area contributed by atoms with Crippen LogP contribution in [0.2, 0.25) is 0 Å². The number of quaternary nitrogens is 1. The highest BCUT2D eigenvalue weighted by atomic mass is 32.2. The summed E-state index contributed by atoms with van der Waals surface area (Å²) in [6.45, 7) is 0.780. The Hall–Kier alpha value is -2.05. The fourth-order valence-electron chi connectivity index (χ4n) is 3.06. The molecule has 0 aliphatic carbocycles. The van der Waals surface area contributed by atoms with E-state index in [1.165, 1.54) is 5.56 Å². The predicted octanol–water partition coefficient (Wildman–Crippen LogP) is 1.04. The van der Waals surface area contributed by atoms with Gasteiger partial charge in [0.2, 0.25) is 0 Å². The van der Waals surface area contributed by atoms with Gasteiger partial charge in [0.1, 0.15) is 24.1 Å². The first-order valence-electron chi connectivity index (χ1n) is 8.04. The normalized spacial score (nSPS) is 22.2. The van der Waals surface area contributed by atoms with Crippen molar-refractivity contribution in [3.8, 4) is 5.75 Å².